The second-order valence-electron chi connectivity index (χ2n) is 6.00. The van der Waals surface area contributed by atoms with E-state index < -0.39 is 6.03 Å². The predicted molar refractivity (Wildman–Crippen MR) is 73.2 cm³/mol. The quantitative estimate of drug-likeness (QED) is 0.544. The minimum Gasteiger partial charge on any atom is -0.350 e. The Balaban J connectivity index is 2.32. The topological polar surface area (TPSA) is 67.5 Å². The Bertz CT molecular complexity index is 421. The highest BCUT2D eigenvalue weighted by Gasteiger charge is 2.43. The number of rotatable bonds is 1. The number of allylic oxidation sites excluding steroid dienone is 2. The summed E-state index contributed by atoms with van der Waals surface area (Å²) in [4.78, 5) is 10.8. The monoisotopic (exact) mass is 249 g/mol. The SMILES string of the molecule is CC(C)=C1[C@@H]2CCC[C@@]1(C)CC/C2=N/NC(N)=O. The first-order chi connectivity index (χ1) is 8.44. The molecule has 0 radical (unpaired) electrons. The minimum absolute atomic E-state index is 0.341. The van der Waals surface area contributed by atoms with E-state index in [2.05, 4.69) is 31.3 Å². The molecular formula is C14H23N3O. The predicted octanol–water partition coefficient (Wildman–Crippen LogP) is 2.95. The maximum atomic E-state index is 10.8. The summed E-state index contributed by atoms with van der Waals surface area (Å²) in [5.41, 5.74) is 11.9. The highest BCUT2D eigenvalue weighted by Crippen LogP contribution is 2.52. The molecular weight excluding hydrogens is 226 g/mol. The van der Waals surface area contributed by atoms with Crippen LogP contribution in [-0.2, 0) is 0 Å². The smallest absolute Gasteiger partial charge is 0.332 e. The number of urea groups is 1. The number of hydrogen-bond acceptors (Lipinski definition) is 2. The molecule has 2 bridgehead atoms. The van der Waals surface area contributed by atoms with E-state index in [0.29, 0.717) is 11.3 Å². The number of hydrogen-bond donors (Lipinski definition) is 2. The molecule has 4 nitrogen and oxygen atoms in total. The van der Waals surface area contributed by atoms with Crippen molar-refractivity contribution in [3.8, 4) is 0 Å². The van der Waals surface area contributed by atoms with Gasteiger partial charge in [-0.25, -0.2) is 10.2 Å². The average Bonchev–Trinajstić information content (AvgIpc) is 2.26. The molecule has 0 unspecified atom stereocenters. The summed E-state index contributed by atoms with van der Waals surface area (Å²) in [6, 6.07) is -0.578. The van der Waals surface area contributed by atoms with Crippen molar-refractivity contribution in [1.82, 2.24) is 5.43 Å². The third-order valence-corrected chi connectivity index (χ3v) is 4.40. The van der Waals surface area contributed by atoms with E-state index in [9.17, 15) is 4.79 Å². The molecule has 0 aromatic heterocycles. The average molecular weight is 249 g/mol. The molecule has 100 valence electrons. The zero-order valence-corrected chi connectivity index (χ0v) is 11.5. The van der Waals surface area contributed by atoms with Crippen molar-refractivity contribution in [2.45, 2.75) is 52.9 Å². The Morgan fingerprint density at radius 1 is 1.44 bits per heavy atom. The summed E-state index contributed by atoms with van der Waals surface area (Å²) in [5.74, 6) is 0.411. The first-order valence-electron chi connectivity index (χ1n) is 6.74. The van der Waals surface area contributed by atoms with Crippen LogP contribution in [0.1, 0.15) is 52.9 Å². The van der Waals surface area contributed by atoms with Crippen LogP contribution in [-0.4, -0.2) is 11.7 Å². The normalized spacial score (nSPS) is 33.4. The van der Waals surface area contributed by atoms with Crippen molar-refractivity contribution < 1.29 is 4.79 Å². The lowest BCUT2D eigenvalue weighted by Crippen LogP contribution is -2.40. The van der Waals surface area contributed by atoms with Crippen LogP contribution in [0, 0.1) is 11.3 Å². The van der Waals surface area contributed by atoms with Gasteiger partial charge in [-0.15, -0.1) is 0 Å². The molecule has 2 atom stereocenters. The van der Waals surface area contributed by atoms with E-state index in [4.69, 9.17) is 5.73 Å². The number of primary amides is 1. The lowest BCUT2D eigenvalue weighted by molar-refractivity contribution is 0.240. The van der Waals surface area contributed by atoms with Gasteiger partial charge >= 0.3 is 6.03 Å². The Labute approximate surface area is 109 Å². The summed E-state index contributed by atoms with van der Waals surface area (Å²) < 4.78 is 0. The van der Waals surface area contributed by atoms with Gasteiger partial charge in [0.25, 0.3) is 0 Å². The van der Waals surface area contributed by atoms with Crippen LogP contribution in [0.3, 0.4) is 0 Å². The molecule has 0 aliphatic heterocycles. The molecule has 0 saturated heterocycles. The maximum absolute atomic E-state index is 10.8. The van der Waals surface area contributed by atoms with Crippen molar-refractivity contribution in [2.75, 3.05) is 0 Å². The van der Waals surface area contributed by atoms with Gasteiger partial charge < -0.3 is 5.73 Å². The van der Waals surface area contributed by atoms with Crippen LogP contribution in [0.15, 0.2) is 16.2 Å². The lowest BCUT2D eigenvalue weighted by atomic mass is 9.58. The molecule has 0 aromatic rings. The summed E-state index contributed by atoms with van der Waals surface area (Å²) in [6.07, 6.45) is 5.77. The van der Waals surface area contributed by atoms with E-state index >= 15 is 0 Å². The van der Waals surface area contributed by atoms with Crippen LogP contribution in [0.25, 0.3) is 0 Å². The highest BCUT2D eigenvalue weighted by atomic mass is 16.2. The van der Waals surface area contributed by atoms with Crippen LogP contribution in [0.4, 0.5) is 4.79 Å². The molecule has 2 saturated carbocycles. The van der Waals surface area contributed by atoms with E-state index in [-0.39, 0.29) is 0 Å². The second-order valence-corrected chi connectivity index (χ2v) is 6.00. The fourth-order valence-electron chi connectivity index (χ4n) is 3.78. The number of nitrogens with one attached hydrogen (secondary N) is 1. The molecule has 0 aromatic carbocycles. The number of carbonyl (C=O) groups excluding carboxylic acids is 1. The van der Waals surface area contributed by atoms with Gasteiger partial charge in [0.15, 0.2) is 0 Å². The highest BCUT2D eigenvalue weighted by molar-refractivity contribution is 5.92. The van der Waals surface area contributed by atoms with Crippen LogP contribution in [0.5, 0.6) is 0 Å². The third kappa shape index (κ3) is 2.28. The summed E-state index contributed by atoms with van der Waals surface area (Å²) in [6.45, 7) is 6.76. The van der Waals surface area contributed by atoms with Gasteiger partial charge in [0, 0.05) is 11.6 Å². The van der Waals surface area contributed by atoms with Crippen molar-refractivity contribution in [3.05, 3.63) is 11.1 Å². The van der Waals surface area contributed by atoms with E-state index in [1.54, 1.807) is 5.57 Å². The molecule has 2 rings (SSSR count). The fourth-order valence-corrected chi connectivity index (χ4v) is 3.78. The maximum Gasteiger partial charge on any atom is 0.332 e. The summed E-state index contributed by atoms with van der Waals surface area (Å²) >= 11 is 0. The van der Waals surface area contributed by atoms with Crippen molar-refractivity contribution >= 4 is 11.7 Å². The second kappa shape index (κ2) is 4.75. The zero-order valence-electron chi connectivity index (χ0n) is 11.5. The molecule has 4 heteroatoms. The van der Waals surface area contributed by atoms with Crippen molar-refractivity contribution in [2.24, 2.45) is 22.2 Å². The van der Waals surface area contributed by atoms with Gasteiger partial charge in [-0.2, -0.15) is 5.10 Å². The molecule has 2 amide bonds. The van der Waals surface area contributed by atoms with Gasteiger partial charge in [-0.05, 0) is 44.9 Å². The van der Waals surface area contributed by atoms with Crippen LogP contribution >= 0.6 is 0 Å². The Kier molecular flexibility index (Phi) is 3.46. The van der Waals surface area contributed by atoms with Crippen molar-refractivity contribution in [3.63, 3.8) is 0 Å². The van der Waals surface area contributed by atoms with Gasteiger partial charge in [-0.1, -0.05) is 24.5 Å². The Hall–Kier alpha value is -1.32. The van der Waals surface area contributed by atoms with Crippen LogP contribution in [0.2, 0.25) is 0 Å². The van der Waals surface area contributed by atoms with Crippen molar-refractivity contribution in [1.29, 1.82) is 0 Å². The zero-order chi connectivity index (χ0) is 13.3. The molecule has 2 aliphatic rings. The van der Waals surface area contributed by atoms with E-state index in [1.165, 1.54) is 18.4 Å². The lowest BCUT2D eigenvalue weighted by Gasteiger charge is -2.47. The number of hydrazone groups is 1. The van der Waals surface area contributed by atoms with E-state index in [1.807, 2.05) is 0 Å². The first-order valence-corrected chi connectivity index (χ1v) is 6.74. The van der Waals surface area contributed by atoms with E-state index in [0.717, 1.165) is 25.0 Å². The number of nitrogens with two attached hydrogens (primary N) is 1. The number of nitrogens with zero attached hydrogens (tertiary/aromatic N) is 1. The summed E-state index contributed by atoms with van der Waals surface area (Å²) in [5, 5.41) is 4.22. The van der Waals surface area contributed by atoms with Crippen LogP contribution < -0.4 is 11.2 Å². The largest absolute Gasteiger partial charge is 0.350 e. The molecule has 18 heavy (non-hydrogen) atoms. The first kappa shape index (κ1) is 13.1. The Morgan fingerprint density at radius 3 is 2.78 bits per heavy atom. The number of carbonyl (C=O) groups is 1. The molecule has 0 spiro atoms. The fraction of sp³-hybridized carbons (Fsp3) is 0.714. The van der Waals surface area contributed by atoms with Gasteiger partial charge in [0.1, 0.15) is 0 Å². The van der Waals surface area contributed by atoms with Gasteiger partial charge in [-0.3, -0.25) is 0 Å². The number of amides is 2. The molecule has 0 heterocycles. The van der Waals surface area contributed by atoms with Gasteiger partial charge in [0.05, 0.1) is 0 Å². The summed E-state index contributed by atoms with van der Waals surface area (Å²) in [7, 11) is 0. The molecule has 3 N–H and O–H groups in total. The van der Waals surface area contributed by atoms with Gasteiger partial charge in [0.2, 0.25) is 0 Å². The molecule has 2 fully saturated rings. The minimum atomic E-state index is -0.578. The standard InChI is InChI=1S/C14H23N3O/c1-9(2)12-10-5-4-7-14(12,3)8-6-11(10)16-17-13(15)18/h10H,4-8H2,1-3H3,(H3,15,17,18)/b16-11-/t10-,14+/m1/s1. The Morgan fingerprint density at radius 2 is 2.17 bits per heavy atom. The number of fused-ring (bicyclic) bond motifs is 2. The third-order valence-electron chi connectivity index (χ3n) is 4.40. The molecule has 2 aliphatic carbocycles.